The van der Waals surface area contributed by atoms with Crippen LogP contribution in [0.1, 0.15) is 61.7 Å². The number of amides is 1. The smallest absolute Gasteiger partial charge is 0.251 e. The number of nitrogens with zero attached hydrogens (tertiary/aromatic N) is 2. The number of carbonyl (C=O) groups is 1. The Morgan fingerprint density at radius 2 is 1.52 bits per heavy atom. The van der Waals surface area contributed by atoms with Crippen molar-refractivity contribution in [2.75, 3.05) is 45.9 Å². The van der Waals surface area contributed by atoms with Gasteiger partial charge in [0.1, 0.15) is 0 Å². The molecule has 1 aliphatic carbocycles. The SMILES string of the molecule is O=C(NCC1(N2CCOCC2)CCCCC1)c1ccc(S(=O)(=O)N2CCCCC2)cc1. The Kier molecular flexibility index (Phi) is 7.31. The van der Waals surface area contributed by atoms with Crippen molar-refractivity contribution in [3.63, 3.8) is 0 Å². The Morgan fingerprint density at radius 3 is 2.16 bits per heavy atom. The van der Waals surface area contributed by atoms with E-state index in [9.17, 15) is 13.2 Å². The molecule has 31 heavy (non-hydrogen) atoms. The van der Waals surface area contributed by atoms with Crippen molar-refractivity contribution in [2.24, 2.45) is 0 Å². The van der Waals surface area contributed by atoms with Crippen LogP contribution in [-0.4, -0.2) is 75.0 Å². The van der Waals surface area contributed by atoms with Crippen molar-refractivity contribution in [1.29, 1.82) is 0 Å². The van der Waals surface area contributed by atoms with Crippen molar-refractivity contribution in [3.05, 3.63) is 29.8 Å². The van der Waals surface area contributed by atoms with E-state index in [1.54, 1.807) is 28.6 Å². The molecule has 3 fully saturated rings. The summed E-state index contributed by atoms with van der Waals surface area (Å²) in [4.78, 5) is 15.6. The van der Waals surface area contributed by atoms with E-state index in [4.69, 9.17) is 4.74 Å². The second-order valence-electron chi connectivity index (χ2n) is 9.06. The minimum atomic E-state index is -3.48. The zero-order valence-electron chi connectivity index (χ0n) is 18.4. The number of piperidine rings is 1. The number of sulfonamides is 1. The Hall–Kier alpha value is -1.48. The third kappa shape index (κ3) is 5.13. The standard InChI is InChI=1S/C23H35N3O4S/c27-22(24-19-23(11-3-1-4-12-23)25-15-17-30-18-16-25)20-7-9-21(10-8-20)31(28,29)26-13-5-2-6-14-26/h7-10H,1-6,11-19H2,(H,24,27). The van der Waals surface area contributed by atoms with Crippen LogP contribution in [0.2, 0.25) is 0 Å². The highest BCUT2D eigenvalue weighted by atomic mass is 32.2. The van der Waals surface area contributed by atoms with Gasteiger partial charge in [-0.15, -0.1) is 0 Å². The molecule has 2 saturated heterocycles. The van der Waals surface area contributed by atoms with E-state index >= 15 is 0 Å². The Morgan fingerprint density at radius 1 is 0.903 bits per heavy atom. The predicted molar refractivity (Wildman–Crippen MR) is 120 cm³/mol. The fourth-order valence-electron chi connectivity index (χ4n) is 5.23. The third-order valence-corrected chi connectivity index (χ3v) is 9.03. The summed E-state index contributed by atoms with van der Waals surface area (Å²) in [7, 11) is -3.48. The van der Waals surface area contributed by atoms with Crippen molar-refractivity contribution >= 4 is 15.9 Å². The van der Waals surface area contributed by atoms with Crippen LogP contribution in [-0.2, 0) is 14.8 Å². The molecule has 7 nitrogen and oxygen atoms in total. The number of benzene rings is 1. The van der Waals surface area contributed by atoms with Crippen molar-refractivity contribution in [3.8, 4) is 0 Å². The van der Waals surface area contributed by atoms with Crippen LogP contribution in [0.5, 0.6) is 0 Å². The van der Waals surface area contributed by atoms with E-state index < -0.39 is 10.0 Å². The number of hydrogen-bond acceptors (Lipinski definition) is 5. The minimum Gasteiger partial charge on any atom is -0.379 e. The molecule has 3 aliphatic rings. The monoisotopic (exact) mass is 449 g/mol. The molecule has 1 aromatic rings. The molecule has 4 rings (SSSR count). The van der Waals surface area contributed by atoms with Crippen LogP contribution in [0.3, 0.4) is 0 Å². The summed E-state index contributed by atoms with van der Waals surface area (Å²) in [6.45, 7) is 5.12. The Balaban J connectivity index is 1.41. The normalized spacial score (nSPS) is 23.4. The zero-order chi connectivity index (χ0) is 21.7. The topological polar surface area (TPSA) is 79.0 Å². The van der Waals surface area contributed by atoms with E-state index in [1.165, 1.54) is 19.3 Å². The number of hydrogen-bond donors (Lipinski definition) is 1. The lowest BCUT2D eigenvalue weighted by molar-refractivity contribution is -0.0361. The lowest BCUT2D eigenvalue weighted by Gasteiger charge is -2.48. The van der Waals surface area contributed by atoms with Crippen LogP contribution in [0.25, 0.3) is 0 Å². The first-order valence-electron chi connectivity index (χ1n) is 11.7. The molecular formula is C23H35N3O4S. The first kappa shape index (κ1) is 22.7. The summed E-state index contributed by atoms with van der Waals surface area (Å²) >= 11 is 0. The average Bonchev–Trinajstić information content (AvgIpc) is 2.84. The van der Waals surface area contributed by atoms with E-state index in [1.807, 2.05) is 0 Å². The molecule has 1 amide bonds. The van der Waals surface area contributed by atoms with Gasteiger partial charge in [-0.3, -0.25) is 9.69 Å². The fourth-order valence-corrected chi connectivity index (χ4v) is 6.75. The van der Waals surface area contributed by atoms with Crippen LogP contribution < -0.4 is 5.32 Å². The molecule has 1 N–H and O–H groups in total. The lowest BCUT2D eigenvalue weighted by atomic mass is 9.79. The number of rotatable bonds is 6. The van der Waals surface area contributed by atoms with Crippen molar-refractivity contribution in [2.45, 2.75) is 61.8 Å². The molecule has 0 bridgehead atoms. The van der Waals surface area contributed by atoms with Gasteiger partial charge in [0.05, 0.1) is 18.1 Å². The van der Waals surface area contributed by atoms with Crippen molar-refractivity contribution in [1.82, 2.24) is 14.5 Å². The molecule has 2 heterocycles. The molecule has 0 aromatic heterocycles. The highest BCUT2D eigenvalue weighted by Crippen LogP contribution is 2.34. The summed E-state index contributed by atoms with van der Waals surface area (Å²) < 4.78 is 32.7. The van der Waals surface area contributed by atoms with Crippen molar-refractivity contribution < 1.29 is 17.9 Å². The highest BCUT2D eigenvalue weighted by Gasteiger charge is 2.39. The van der Waals surface area contributed by atoms with Gasteiger partial charge < -0.3 is 10.1 Å². The number of morpholine rings is 1. The molecule has 0 radical (unpaired) electrons. The largest absolute Gasteiger partial charge is 0.379 e. The van der Waals surface area contributed by atoms with Gasteiger partial charge in [0, 0.05) is 43.8 Å². The minimum absolute atomic E-state index is 0.00916. The van der Waals surface area contributed by atoms with Crippen LogP contribution in [0, 0.1) is 0 Å². The third-order valence-electron chi connectivity index (χ3n) is 7.11. The lowest BCUT2D eigenvalue weighted by Crippen LogP contribution is -2.59. The molecule has 8 heteroatoms. The number of nitrogens with one attached hydrogen (secondary N) is 1. The number of ether oxygens (including phenoxy) is 1. The maximum atomic E-state index is 12.9. The summed E-state index contributed by atoms with van der Waals surface area (Å²) in [6.07, 6.45) is 8.73. The molecule has 1 aromatic carbocycles. The second kappa shape index (κ2) is 9.98. The Labute approximate surface area is 186 Å². The summed E-state index contributed by atoms with van der Waals surface area (Å²) in [5, 5.41) is 3.15. The van der Waals surface area contributed by atoms with Crippen LogP contribution in [0.4, 0.5) is 0 Å². The van der Waals surface area contributed by atoms with Gasteiger partial charge in [-0.2, -0.15) is 4.31 Å². The van der Waals surface area contributed by atoms with Gasteiger partial charge >= 0.3 is 0 Å². The van der Waals surface area contributed by atoms with E-state index in [-0.39, 0.29) is 16.3 Å². The molecule has 0 spiro atoms. The van der Waals surface area contributed by atoms with Gasteiger partial charge in [-0.05, 0) is 49.9 Å². The second-order valence-corrected chi connectivity index (χ2v) is 11.0. The van der Waals surface area contributed by atoms with E-state index in [2.05, 4.69) is 10.2 Å². The molecular weight excluding hydrogens is 414 g/mol. The average molecular weight is 450 g/mol. The quantitative estimate of drug-likeness (QED) is 0.722. The predicted octanol–water partition coefficient (Wildman–Crippen LogP) is 2.63. The Bertz CT molecular complexity index is 838. The van der Waals surface area contributed by atoms with Crippen LogP contribution in [0.15, 0.2) is 29.2 Å². The zero-order valence-corrected chi connectivity index (χ0v) is 19.2. The van der Waals surface area contributed by atoms with Gasteiger partial charge in [-0.1, -0.05) is 25.7 Å². The summed E-state index contributed by atoms with van der Waals surface area (Å²) in [5.41, 5.74) is 0.514. The van der Waals surface area contributed by atoms with Gasteiger partial charge in [0.2, 0.25) is 10.0 Å². The summed E-state index contributed by atoms with van der Waals surface area (Å²) in [5.74, 6) is -0.139. The molecule has 1 saturated carbocycles. The summed E-state index contributed by atoms with van der Waals surface area (Å²) in [6, 6.07) is 6.40. The number of carbonyl (C=O) groups excluding carboxylic acids is 1. The maximum Gasteiger partial charge on any atom is 0.251 e. The van der Waals surface area contributed by atoms with E-state index in [0.29, 0.717) is 25.2 Å². The molecule has 0 unspecified atom stereocenters. The molecule has 172 valence electrons. The fraction of sp³-hybridized carbons (Fsp3) is 0.696. The molecule has 0 atom stereocenters. The van der Waals surface area contributed by atoms with Crippen LogP contribution >= 0.6 is 0 Å². The molecule has 2 aliphatic heterocycles. The van der Waals surface area contributed by atoms with Gasteiger partial charge in [0.25, 0.3) is 5.91 Å². The maximum absolute atomic E-state index is 12.9. The van der Waals surface area contributed by atoms with Gasteiger partial charge in [-0.25, -0.2) is 8.42 Å². The first-order chi connectivity index (χ1) is 15.0. The highest BCUT2D eigenvalue weighted by molar-refractivity contribution is 7.89. The van der Waals surface area contributed by atoms with E-state index in [0.717, 1.165) is 58.4 Å². The van der Waals surface area contributed by atoms with Gasteiger partial charge in [0.15, 0.2) is 0 Å². The first-order valence-corrected chi connectivity index (χ1v) is 13.2.